The van der Waals surface area contributed by atoms with Crippen molar-refractivity contribution >= 4 is 5.91 Å². The molecule has 0 aliphatic rings. The summed E-state index contributed by atoms with van der Waals surface area (Å²) in [6.45, 7) is 5.69. The lowest BCUT2D eigenvalue weighted by molar-refractivity contribution is -0.128. The first-order chi connectivity index (χ1) is 6.10. The number of nitrogens with one attached hydrogen (secondary N) is 1. The molecule has 0 unspecified atom stereocenters. The number of ether oxygens (including phenoxy) is 1. The minimum absolute atomic E-state index is 0.0239. The molecule has 0 rings (SSSR count). The lowest BCUT2D eigenvalue weighted by atomic mass is 10.2. The second-order valence-corrected chi connectivity index (χ2v) is 3.22. The number of hydrogen-bond acceptors (Lipinski definition) is 3. The molecular weight excluding hydrogens is 170 g/mol. The Labute approximate surface area is 79.3 Å². The largest absolute Gasteiger partial charge is 0.394 e. The Balaban J connectivity index is 3.60. The zero-order chi connectivity index (χ0) is 10.3. The fourth-order valence-electron chi connectivity index (χ4n) is 0.788. The van der Waals surface area contributed by atoms with Gasteiger partial charge >= 0.3 is 0 Å². The van der Waals surface area contributed by atoms with E-state index in [0.29, 0.717) is 0 Å². The van der Waals surface area contributed by atoms with Crippen LogP contribution in [0.15, 0.2) is 0 Å². The number of carbonyl (C=O) groups is 1. The lowest BCUT2D eigenvalue weighted by Crippen LogP contribution is -2.39. The summed E-state index contributed by atoms with van der Waals surface area (Å²) in [5.74, 6) is -0.172. The summed E-state index contributed by atoms with van der Waals surface area (Å²) in [7, 11) is 0. The standard InChI is InChI=1S/C9H19NO3/c1-4-8(5-11)10-9(12)6-13-7(2)3/h7-8,11H,4-6H2,1-3H3,(H,10,12)/t8-/m0/s1. The Morgan fingerprint density at radius 1 is 1.54 bits per heavy atom. The van der Waals surface area contributed by atoms with Gasteiger partial charge in [0, 0.05) is 0 Å². The van der Waals surface area contributed by atoms with Crippen molar-refractivity contribution in [2.24, 2.45) is 0 Å². The number of aliphatic hydroxyl groups excluding tert-OH is 1. The van der Waals surface area contributed by atoms with E-state index in [1.807, 2.05) is 20.8 Å². The first-order valence-corrected chi connectivity index (χ1v) is 4.62. The summed E-state index contributed by atoms with van der Waals surface area (Å²) in [6, 6.07) is -0.150. The first-order valence-electron chi connectivity index (χ1n) is 4.62. The van der Waals surface area contributed by atoms with Crippen LogP contribution < -0.4 is 5.32 Å². The second-order valence-electron chi connectivity index (χ2n) is 3.22. The predicted octanol–water partition coefficient (Wildman–Crippen LogP) is 0.298. The van der Waals surface area contributed by atoms with E-state index in [0.717, 1.165) is 6.42 Å². The van der Waals surface area contributed by atoms with Crippen LogP contribution in [-0.2, 0) is 9.53 Å². The van der Waals surface area contributed by atoms with Crippen molar-refractivity contribution < 1.29 is 14.6 Å². The van der Waals surface area contributed by atoms with Gasteiger partial charge in [-0.25, -0.2) is 0 Å². The Bertz CT molecular complexity index is 144. The third-order valence-corrected chi connectivity index (χ3v) is 1.63. The minimum atomic E-state index is -0.172. The molecule has 0 saturated carbocycles. The van der Waals surface area contributed by atoms with Crippen LogP contribution >= 0.6 is 0 Å². The maximum Gasteiger partial charge on any atom is 0.246 e. The normalized spacial score (nSPS) is 13.0. The van der Waals surface area contributed by atoms with E-state index < -0.39 is 0 Å². The van der Waals surface area contributed by atoms with Crippen molar-refractivity contribution in [2.75, 3.05) is 13.2 Å². The van der Waals surface area contributed by atoms with Gasteiger partial charge < -0.3 is 15.2 Å². The number of rotatable bonds is 6. The van der Waals surface area contributed by atoms with Crippen LogP contribution in [0.1, 0.15) is 27.2 Å². The summed E-state index contributed by atoms with van der Waals surface area (Å²) < 4.78 is 5.10. The van der Waals surface area contributed by atoms with Crippen LogP contribution in [0, 0.1) is 0 Å². The molecule has 4 heteroatoms. The zero-order valence-corrected chi connectivity index (χ0v) is 8.54. The monoisotopic (exact) mass is 189 g/mol. The molecule has 78 valence electrons. The summed E-state index contributed by atoms with van der Waals surface area (Å²) in [4.78, 5) is 11.1. The van der Waals surface area contributed by atoms with E-state index in [2.05, 4.69) is 5.32 Å². The highest BCUT2D eigenvalue weighted by atomic mass is 16.5. The quantitative estimate of drug-likeness (QED) is 0.631. The van der Waals surface area contributed by atoms with E-state index >= 15 is 0 Å². The van der Waals surface area contributed by atoms with Crippen LogP contribution in [0.4, 0.5) is 0 Å². The third-order valence-electron chi connectivity index (χ3n) is 1.63. The molecule has 0 aromatic carbocycles. The van der Waals surface area contributed by atoms with Gasteiger partial charge in [-0.2, -0.15) is 0 Å². The molecule has 13 heavy (non-hydrogen) atoms. The van der Waals surface area contributed by atoms with Crippen molar-refractivity contribution in [3.05, 3.63) is 0 Å². The molecule has 4 nitrogen and oxygen atoms in total. The van der Waals surface area contributed by atoms with E-state index in [4.69, 9.17) is 9.84 Å². The van der Waals surface area contributed by atoms with Gasteiger partial charge in [0.05, 0.1) is 18.8 Å². The van der Waals surface area contributed by atoms with Crippen LogP contribution in [0.25, 0.3) is 0 Å². The van der Waals surface area contributed by atoms with Crippen LogP contribution in [0.2, 0.25) is 0 Å². The van der Waals surface area contributed by atoms with E-state index in [9.17, 15) is 4.79 Å². The molecule has 0 aliphatic carbocycles. The highest BCUT2D eigenvalue weighted by Gasteiger charge is 2.09. The Morgan fingerprint density at radius 3 is 2.54 bits per heavy atom. The molecule has 0 aliphatic heterocycles. The number of aliphatic hydroxyl groups is 1. The van der Waals surface area contributed by atoms with Gasteiger partial charge in [0.1, 0.15) is 6.61 Å². The molecule has 0 fully saturated rings. The molecule has 0 heterocycles. The van der Waals surface area contributed by atoms with Gasteiger partial charge in [-0.05, 0) is 20.3 Å². The van der Waals surface area contributed by atoms with Crippen molar-refractivity contribution in [3.63, 3.8) is 0 Å². The summed E-state index contributed by atoms with van der Waals surface area (Å²) in [5.41, 5.74) is 0. The van der Waals surface area contributed by atoms with Crippen molar-refractivity contribution in [1.29, 1.82) is 0 Å². The molecule has 0 bridgehead atoms. The summed E-state index contributed by atoms with van der Waals surface area (Å²) in [6.07, 6.45) is 0.782. The van der Waals surface area contributed by atoms with Crippen molar-refractivity contribution in [3.8, 4) is 0 Å². The number of hydrogen-bond donors (Lipinski definition) is 2. The van der Waals surface area contributed by atoms with Gasteiger partial charge in [0.25, 0.3) is 0 Å². The number of amides is 1. The highest BCUT2D eigenvalue weighted by Crippen LogP contribution is 1.90. The molecular formula is C9H19NO3. The molecule has 2 N–H and O–H groups in total. The van der Waals surface area contributed by atoms with E-state index in [1.165, 1.54) is 0 Å². The maximum atomic E-state index is 11.1. The Morgan fingerprint density at radius 2 is 2.15 bits per heavy atom. The number of carbonyl (C=O) groups excluding carboxylic acids is 1. The summed E-state index contributed by atoms with van der Waals surface area (Å²) in [5, 5.41) is 11.5. The fourth-order valence-corrected chi connectivity index (χ4v) is 0.788. The smallest absolute Gasteiger partial charge is 0.246 e. The highest BCUT2D eigenvalue weighted by molar-refractivity contribution is 5.77. The molecule has 0 aromatic rings. The Kier molecular flexibility index (Phi) is 6.54. The van der Waals surface area contributed by atoms with Crippen LogP contribution in [0.3, 0.4) is 0 Å². The first kappa shape index (κ1) is 12.4. The average molecular weight is 189 g/mol. The predicted molar refractivity (Wildman–Crippen MR) is 50.4 cm³/mol. The van der Waals surface area contributed by atoms with Gasteiger partial charge in [0.15, 0.2) is 0 Å². The molecule has 1 amide bonds. The Hall–Kier alpha value is -0.610. The SMILES string of the molecule is CC[C@@H](CO)NC(=O)COC(C)C. The van der Waals surface area contributed by atoms with E-state index in [-0.39, 0.29) is 31.3 Å². The topological polar surface area (TPSA) is 58.6 Å². The van der Waals surface area contributed by atoms with Gasteiger partial charge in [-0.1, -0.05) is 6.92 Å². The minimum Gasteiger partial charge on any atom is -0.394 e. The van der Waals surface area contributed by atoms with Crippen molar-refractivity contribution in [2.45, 2.75) is 39.3 Å². The average Bonchev–Trinajstić information content (AvgIpc) is 2.10. The fraction of sp³-hybridized carbons (Fsp3) is 0.889. The van der Waals surface area contributed by atoms with E-state index in [1.54, 1.807) is 0 Å². The van der Waals surface area contributed by atoms with Gasteiger partial charge in [0.2, 0.25) is 5.91 Å². The van der Waals surface area contributed by atoms with Gasteiger partial charge in [-0.15, -0.1) is 0 Å². The summed E-state index contributed by atoms with van der Waals surface area (Å²) >= 11 is 0. The molecule has 0 saturated heterocycles. The zero-order valence-electron chi connectivity index (χ0n) is 8.54. The van der Waals surface area contributed by atoms with Crippen LogP contribution in [0.5, 0.6) is 0 Å². The lowest BCUT2D eigenvalue weighted by Gasteiger charge is -2.14. The maximum absolute atomic E-state index is 11.1. The van der Waals surface area contributed by atoms with Crippen LogP contribution in [-0.4, -0.2) is 36.4 Å². The van der Waals surface area contributed by atoms with Gasteiger partial charge in [-0.3, -0.25) is 4.79 Å². The molecule has 0 radical (unpaired) electrons. The molecule has 1 atom stereocenters. The second kappa shape index (κ2) is 6.86. The molecule has 0 aromatic heterocycles. The third kappa shape index (κ3) is 6.54. The van der Waals surface area contributed by atoms with Crippen molar-refractivity contribution in [1.82, 2.24) is 5.32 Å². The molecule has 0 spiro atoms.